The minimum absolute atomic E-state index is 0.0117. The summed E-state index contributed by atoms with van der Waals surface area (Å²) in [6, 6.07) is 24.9. The monoisotopic (exact) mass is 878 g/mol. The van der Waals surface area contributed by atoms with Gasteiger partial charge in [-0.05, 0) is 65.5 Å². The molecule has 20 heteroatoms. The highest BCUT2D eigenvalue weighted by Crippen LogP contribution is 2.29. The van der Waals surface area contributed by atoms with Crippen molar-refractivity contribution in [1.82, 2.24) is 24.8 Å². The second kappa shape index (κ2) is 21.4. The molecule has 62 heavy (non-hydrogen) atoms. The van der Waals surface area contributed by atoms with Crippen molar-refractivity contribution in [1.29, 1.82) is 0 Å². The molecule has 0 radical (unpaired) electrons. The van der Waals surface area contributed by atoms with Crippen LogP contribution in [0.5, 0.6) is 17.4 Å². The van der Waals surface area contributed by atoms with Crippen molar-refractivity contribution in [3.05, 3.63) is 143 Å². The number of halogens is 2. The normalized spacial score (nSPS) is 12.5. The lowest BCUT2D eigenvalue weighted by atomic mass is 9.92. The van der Waals surface area contributed by atoms with Gasteiger partial charge in [-0.2, -0.15) is 5.10 Å². The first kappa shape index (κ1) is 45.1. The first-order valence-electron chi connectivity index (χ1n) is 19.3. The number of nitrogens with zero attached hydrogens (tertiary/aromatic N) is 6. The Labute approximate surface area is 355 Å². The summed E-state index contributed by atoms with van der Waals surface area (Å²) in [5.41, 5.74) is -0.112. The molecule has 1 atom stereocenters. The van der Waals surface area contributed by atoms with Crippen molar-refractivity contribution in [2.45, 2.75) is 41.5 Å². The van der Waals surface area contributed by atoms with Crippen molar-refractivity contribution in [2.24, 2.45) is 0 Å². The number of esters is 1. The lowest BCUT2D eigenvalue weighted by Gasteiger charge is -2.33. The number of ether oxygens (including phenoxy) is 5. The summed E-state index contributed by atoms with van der Waals surface area (Å²) < 4.78 is 87.5. The second-order valence-corrected chi connectivity index (χ2v) is 15.8. The maximum Gasteiger partial charge on any atom is 0.415 e. The van der Waals surface area contributed by atoms with Crippen LogP contribution in [0.3, 0.4) is 0 Å². The standard InChI is InChI=1S/C42H44F2N6O11S/c1-48(27-42(52,28-49-30-45-29-46-49)37-17-12-33(43)25-38(37)44)26-32-10-15-35(16-11-32)58-19-5-18-57-34-13-8-31(9-14-34)24-39(51)59-22-20-56-21-23-60-40-41(50(53)61-47-40)62(54,55)36-6-3-2-4-7-36/h2-4,6-17,25,29-30,52H,5,18-24,26-28H2,1H3. The summed E-state index contributed by atoms with van der Waals surface area (Å²) >= 11 is 0. The molecule has 4 aromatic carbocycles. The predicted molar refractivity (Wildman–Crippen MR) is 213 cm³/mol. The Kier molecular flexibility index (Phi) is 15.5. The Balaban J connectivity index is 0.833. The maximum atomic E-state index is 14.8. The molecule has 17 nitrogen and oxygen atoms in total. The van der Waals surface area contributed by atoms with Crippen LogP contribution in [0.1, 0.15) is 23.1 Å². The van der Waals surface area contributed by atoms with E-state index in [1.807, 2.05) is 29.2 Å². The van der Waals surface area contributed by atoms with Gasteiger partial charge in [-0.15, -0.1) is 0 Å². The number of likely N-dealkylation sites (N-methyl/N-ethyl adjacent to an activating group) is 1. The van der Waals surface area contributed by atoms with E-state index in [0.717, 1.165) is 23.3 Å². The van der Waals surface area contributed by atoms with Crippen LogP contribution in [0.2, 0.25) is 0 Å². The zero-order chi connectivity index (χ0) is 44.0. The molecule has 2 aromatic heterocycles. The number of rotatable bonds is 24. The van der Waals surface area contributed by atoms with Crippen LogP contribution in [0.25, 0.3) is 0 Å². The molecule has 6 aromatic rings. The lowest BCUT2D eigenvalue weighted by Crippen LogP contribution is -2.43. The average molecular weight is 879 g/mol. The SMILES string of the molecule is CN(Cc1ccc(OCCCOc2ccc(CC(=O)OCCOCCOc3no[n+]([O-])c3S(=O)(=O)c3ccccc3)cc2)cc1)CC(O)(Cn1cncn1)c1ccc(F)cc1F. The Morgan fingerprint density at radius 3 is 2.23 bits per heavy atom. The third kappa shape index (κ3) is 12.5. The van der Waals surface area contributed by atoms with E-state index in [-0.39, 0.29) is 61.3 Å². The van der Waals surface area contributed by atoms with Crippen molar-refractivity contribution in [3.63, 3.8) is 0 Å². The molecule has 0 saturated carbocycles. The van der Waals surface area contributed by atoms with E-state index in [4.69, 9.17) is 23.7 Å². The average Bonchev–Trinajstić information content (AvgIpc) is 3.90. The Bertz CT molecular complexity index is 2440. The third-order valence-electron chi connectivity index (χ3n) is 9.14. The lowest BCUT2D eigenvalue weighted by molar-refractivity contribution is -0.832. The third-order valence-corrected chi connectivity index (χ3v) is 10.9. The van der Waals surface area contributed by atoms with Crippen molar-refractivity contribution < 1.29 is 60.3 Å². The number of hydrogen-bond acceptors (Lipinski definition) is 15. The Morgan fingerprint density at radius 1 is 0.887 bits per heavy atom. The maximum absolute atomic E-state index is 14.8. The van der Waals surface area contributed by atoms with Gasteiger partial charge in [-0.25, -0.2) is 26.9 Å². The summed E-state index contributed by atoms with van der Waals surface area (Å²) in [6.07, 6.45) is 3.38. The van der Waals surface area contributed by atoms with E-state index in [0.29, 0.717) is 37.7 Å². The first-order chi connectivity index (χ1) is 29.9. The molecule has 1 unspecified atom stereocenters. The van der Waals surface area contributed by atoms with Gasteiger partial charge >= 0.3 is 16.9 Å². The highest BCUT2D eigenvalue weighted by Gasteiger charge is 2.36. The molecule has 0 saturated heterocycles. The zero-order valence-electron chi connectivity index (χ0n) is 33.5. The fourth-order valence-corrected chi connectivity index (χ4v) is 7.58. The van der Waals surface area contributed by atoms with Gasteiger partial charge < -0.3 is 34.0 Å². The fourth-order valence-electron chi connectivity index (χ4n) is 6.29. The van der Waals surface area contributed by atoms with E-state index in [9.17, 15) is 32.3 Å². The summed E-state index contributed by atoms with van der Waals surface area (Å²) in [4.78, 5) is 17.7. The molecule has 0 aliphatic carbocycles. The van der Waals surface area contributed by atoms with Gasteiger partial charge in [-0.1, -0.05) is 48.5 Å². The molecule has 0 aliphatic heterocycles. The number of hydrogen-bond donors (Lipinski definition) is 1. The molecule has 2 heterocycles. The summed E-state index contributed by atoms with van der Waals surface area (Å²) in [5.74, 6) is -1.25. The van der Waals surface area contributed by atoms with Crippen LogP contribution in [0.4, 0.5) is 8.78 Å². The molecule has 0 fully saturated rings. The van der Waals surface area contributed by atoms with E-state index >= 15 is 0 Å². The van der Waals surface area contributed by atoms with E-state index in [1.54, 1.807) is 37.4 Å². The van der Waals surface area contributed by atoms with Gasteiger partial charge in [0.05, 0.1) is 49.4 Å². The van der Waals surface area contributed by atoms with Gasteiger partial charge in [0.25, 0.3) is 9.84 Å². The molecule has 0 amide bonds. The van der Waals surface area contributed by atoms with Crippen LogP contribution < -0.4 is 19.1 Å². The number of carbonyl (C=O) groups is 1. The minimum atomic E-state index is -4.24. The zero-order valence-corrected chi connectivity index (χ0v) is 34.4. The van der Waals surface area contributed by atoms with Crippen LogP contribution in [-0.2, 0) is 49.2 Å². The molecule has 6 rings (SSSR count). The van der Waals surface area contributed by atoms with Crippen LogP contribution in [0, 0.1) is 16.8 Å². The first-order valence-corrected chi connectivity index (χ1v) is 20.8. The van der Waals surface area contributed by atoms with Crippen molar-refractivity contribution in [2.75, 3.05) is 53.2 Å². The number of benzene rings is 4. The Hall–Kier alpha value is -6.48. The molecule has 1 N–H and O–H groups in total. The highest BCUT2D eigenvalue weighted by atomic mass is 32.2. The molecular formula is C42H44F2N6O11S. The highest BCUT2D eigenvalue weighted by molar-refractivity contribution is 7.91. The summed E-state index contributed by atoms with van der Waals surface area (Å²) in [5, 5.41) is 30.3. The Morgan fingerprint density at radius 2 is 1.56 bits per heavy atom. The van der Waals surface area contributed by atoms with Crippen molar-refractivity contribution in [3.8, 4) is 17.4 Å². The van der Waals surface area contributed by atoms with Crippen molar-refractivity contribution >= 4 is 15.8 Å². The molecular weight excluding hydrogens is 835 g/mol. The fraction of sp³-hybridized carbons (Fsp3) is 0.310. The largest absolute Gasteiger partial charge is 0.493 e. The van der Waals surface area contributed by atoms with E-state index in [2.05, 4.69) is 19.9 Å². The number of carbonyl (C=O) groups excluding carboxylic acids is 1. The van der Waals surface area contributed by atoms with Crippen LogP contribution in [-0.4, -0.2) is 97.5 Å². The topological polar surface area (TPSA) is 205 Å². The summed E-state index contributed by atoms with van der Waals surface area (Å²) in [6.45, 7) is 1.03. The smallest absolute Gasteiger partial charge is 0.415 e. The predicted octanol–water partition coefficient (Wildman–Crippen LogP) is 4.06. The van der Waals surface area contributed by atoms with Gasteiger partial charge in [0.2, 0.25) is 0 Å². The number of aliphatic hydroxyl groups is 1. The molecule has 0 aliphatic rings. The van der Waals surface area contributed by atoms with Gasteiger partial charge in [0, 0.05) is 31.1 Å². The quantitative estimate of drug-likeness (QED) is 0.0518. The number of sulfone groups is 1. The number of aromatic nitrogens is 5. The summed E-state index contributed by atoms with van der Waals surface area (Å²) in [7, 11) is -2.45. The van der Waals surface area contributed by atoms with Gasteiger partial charge in [0.1, 0.15) is 54.6 Å². The van der Waals surface area contributed by atoms with E-state index < -0.39 is 43.9 Å². The molecule has 328 valence electrons. The van der Waals surface area contributed by atoms with Crippen LogP contribution >= 0.6 is 0 Å². The van der Waals surface area contributed by atoms with Gasteiger partial charge in [-0.3, -0.25) is 14.3 Å². The van der Waals surface area contributed by atoms with Gasteiger partial charge in [0.15, 0.2) is 0 Å². The second-order valence-electron chi connectivity index (χ2n) is 14.0. The van der Waals surface area contributed by atoms with Crippen LogP contribution in [0.15, 0.2) is 124 Å². The molecule has 0 spiro atoms. The van der Waals surface area contributed by atoms with E-state index in [1.165, 1.54) is 47.7 Å². The molecule has 0 bridgehead atoms. The minimum Gasteiger partial charge on any atom is -0.493 e.